The van der Waals surface area contributed by atoms with Crippen molar-refractivity contribution < 1.29 is 9.52 Å². The molecule has 6 heteroatoms. The van der Waals surface area contributed by atoms with Gasteiger partial charge in [-0.2, -0.15) is 0 Å². The van der Waals surface area contributed by atoms with Gasteiger partial charge in [0.2, 0.25) is 0 Å². The van der Waals surface area contributed by atoms with E-state index in [1.165, 1.54) is 12.8 Å². The van der Waals surface area contributed by atoms with Gasteiger partial charge in [0.1, 0.15) is 28.7 Å². The third-order valence-corrected chi connectivity index (χ3v) is 5.37. The Morgan fingerprint density at radius 1 is 1.24 bits per heavy atom. The summed E-state index contributed by atoms with van der Waals surface area (Å²) in [5.74, 6) is 2.87. The highest BCUT2D eigenvalue weighted by Crippen LogP contribution is 2.39. The molecule has 134 valence electrons. The van der Waals surface area contributed by atoms with Gasteiger partial charge in [-0.25, -0.2) is 9.97 Å². The summed E-state index contributed by atoms with van der Waals surface area (Å²) in [5.41, 5.74) is 0. The van der Waals surface area contributed by atoms with Crippen LogP contribution < -0.4 is 4.90 Å². The fourth-order valence-corrected chi connectivity index (χ4v) is 3.86. The van der Waals surface area contributed by atoms with E-state index in [2.05, 4.69) is 9.88 Å². The van der Waals surface area contributed by atoms with Crippen molar-refractivity contribution in [1.29, 1.82) is 0 Å². The average Bonchev–Trinajstić information content (AvgIpc) is 3.35. The average molecular weight is 362 g/mol. The fourth-order valence-electron chi connectivity index (χ4n) is 3.67. The molecular weight excluding hydrogens is 338 g/mol. The van der Waals surface area contributed by atoms with Crippen molar-refractivity contribution in [2.75, 3.05) is 11.4 Å². The number of hydrogen-bond acceptors (Lipinski definition) is 5. The minimum absolute atomic E-state index is 0.223. The number of halogens is 1. The number of aliphatic hydroxyl groups is 1. The number of aromatic nitrogens is 2. The maximum Gasteiger partial charge on any atom is 0.135 e. The van der Waals surface area contributed by atoms with Gasteiger partial charge in [0.05, 0.1) is 6.26 Å². The number of hydrogen-bond donors (Lipinski definition) is 1. The van der Waals surface area contributed by atoms with E-state index >= 15 is 0 Å². The molecule has 1 saturated heterocycles. The first-order chi connectivity index (χ1) is 12.2. The molecule has 0 radical (unpaired) electrons. The number of rotatable bonds is 5. The number of furan rings is 1. The Labute approximate surface area is 153 Å². The minimum Gasteiger partial charge on any atom is -0.467 e. The van der Waals surface area contributed by atoms with E-state index in [0.717, 1.165) is 43.9 Å². The van der Waals surface area contributed by atoms with Crippen molar-refractivity contribution in [3.63, 3.8) is 0 Å². The Bertz CT molecular complexity index is 703. The number of nitrogens with zero attached hydrogens (tertiary/aromatic N) is 3. The van der Waals surface area contributed by atoms with E-state index in [1.54, 1.807) is 6.26 Å². The zero-order chi connectivity index (χ0) is 17.2. The maximum atomic E-state index is 10.5. The van der Waals surface area contributed by atoms with Crippen molar-refractivity contribution in [3.05, 3.63) is 41.2 Å². The highest BCUT2D eigenvalue weighted by Gasteiger charge is 2.30. The fraction of sp³-hybridized carbons (Fsp3) is 0.579. The van der Waals surface area contributed by atoms with Crippen LogP contribution in [0.15, 0.2) is 28.9 Å². The first-order valence-electron chi connectivity index (χ1n) is 9.23. The zero-order valence-electron chi connectivity index (χ0n) is 14.3. The number of anilines is 1. The van der Waals surface area contributed by atoms with Gasteiger partial charge in [-0.15, -0.1) is 0 Å². The quantitative estimate of drug-likeness (QED) is 0.796. The van der Waals surface area contributed by atoms with E-state index in [1.807, 2.05) is 18.2 Å². The summed E-state index contributed by atoms with van der Waals surface area (Å²) in [6.45, 7) is 0.937. The topological polar surface area (TPSA) is 62.4 Å². The summed E-state index contributed by atoms with van der Waals surface area (Å²) in [5, 5.41) is 11.1. The van der Waals surface area contributed by atoms with E-state index < -0.39 is 6.10 Å². The molecule has 25 heavy (non-hydrogen) atoms. The van der Waals surface area contributed by atoms with Crippen LogP contribution in [0.5, 0.6) is 0 Å². The van der Waals surface area contributed by atoms with Crippen molar-refractivity contribution in [3.8, 4) is 0 Å². The van der Waals surface area contributed by atoms with Crippen LogP contribution >= 0.6 is 11.6 Å². The number of aliphatic hydroxyl groups excluding tert-OH is 1. The Morgan fingerprint density at radius 3 is 2.88 bits per heavy atom. The van der Waals surface area contributed by atoms with E-state index in [4.69, 9.17) is 21.0 Å². The van der Waals surface area contributed by atoms with Gasteiger partial charge in [0, 0.05) is 31.0 Å². The molecule has 3 heterocycles. The molecule has 4 rings (SSSR count). The molecular formula is C19H24ClN3O2. The molecule has 1 N–H and O–H groups in total. The lowest BCUT2D eigenvalue weighted by Crippen LogP contribution is -2.37. The predicted octanol–water partition coefficient (Wildman–Crippen LogP) is 4.47. The Kier molecular flexibility index (Phi) is 4.95. The summed E-state index contributed by atoms with van der Waals surface area (Å²) in [4.78, 5) is 11.5. The molecule has 2 aliphatic rings. The highest BCUT2D eigenvalue weighted by molar-refractivity contribution is 6.29. The van der Waals surface area contributed by atoms with E-state index in [9.17, 15) is 5.11 Å². The van der Waals surface area contributed by atoms with Crippen LogP contribution in [-0.4, -0.2) is 27.7 Å². The molecule has 0 aromatic carbocycles. The second-order valence-electron chi connectivity index (χ2n) is 7.14. The normalized spacial score (nSPS) is 22.6. The molecule has 2 unspecified atom stereocenters. The van der Waals surface area contributed by atoms with Crippen molar-refractivity contribution >= 4 is 17.4 Å². The van der Waals surface area contributed by atoms with Gasteiger partial charge >= 0.3 is 0 Å². The van der Waals surface area contributed by atoms with Crippen LogP contribution in [0.25, 0.3) is 0 Å². The van der Waals surface area contributed by atoms with Crippen LogP contribution in [0.4, 0.5) is 5.82 Å². The maximum absolute atomic E-state index is 10.5. The smallest absolute Gasteiger partial charge is 0.135 e. The predicted molar refractivity (Wildman–Crippen MR) is 96.9 cm³/mol. The van der Waals surface area contributed by atoms with Crippen LogP contribution in [0.2, 0.25) is 5.15 Å². The van der Waals surface area contributed by atoms with E-state index in [-0.39, 0.29) is 6.04 Å². The molecule has 2 fully saturated rings. The molecule has 2 atom stereocenters. The van der Waals surface area contributed by atoms with Gasteiger partial charge in [0.15, 0.2) is 0 Å². The van der Waals surface area contributed by atoms with Crippen LogP contribution in [0.1, 0.15) is 68.6 Å². The minimum atomic E-state index is -0.596. The van der Waals surface area contributed by atoms with Crippen molar-refractivity contribution in [2.45, 2.75) is 63.0 Å². The third-order valence-electron chi connectivity index (χ3n) is 5.18. The third kappa shape index (κ3) is 3.98. The van der Waals surface area contributed by atoms with Gasteiger partial charge in [0.25, 0.3) is 0 Å². The Balaban J connectivity index is 1.58. The molecule has 2 aromatic heterocycles. The standard InChI is InChI=1S/C19H24ClN3O2/c20-17-12-18(22-19(21-17)13-7-8-13)23-9-3-1-2-5-14(23)11-15(24)16-6-4-10-25-16/h4,6,10,12-15,24H,1-3,5,7-9,11H2. The summed E-state index contributed by atoms with van der Waals surface area (Å²) in [6, 6.07) is 5.74. The molecule has 0 spiro atoms. The van der Waals surface area contributed by atoms with Crippen LogP contribution in [0.3, 0.4) is 0 Å². The van der Waals surface area contributed by atoms with Gasteiger partial charge in [-0.05, 0) is 37.8 Å². The van der Waals surface area contributed by atoms with Crippen LogP contribution in [0, 0.1) is 0 Å². The molecule has 2 aromatic rings. The van der Waals surface area contributed by atoms with E-state index in [0.29, 0.717) is 23.3 Å². The molecule has 1 saturated carbocycles. The summed E-state index contributed by atoms with van der Waals surface area (Å²) < 4.78 is 5.37. The second-order valence-corrected chi connectivity index (χ2v) is 7.53. The molecule has 0 bridgehead atoms. The second kappa shape index (κ2) is 7.34. The Morgan fingerprint density at radius 2 is 2.12 bits per heavy atom. The van der Waals surface area contributed by atoms with Gasteiger partial charge in [-0.3, -0.25) is 0 Å². The lowest BCUT2D eigenvalue weighted by molar-refractivity contribution is 0.129. The highest BCUT2D eigenvalue weighted by atomic mass is 35.5. The molecule has 0 amide bonds. The lowest BCUT2D eigenvalue weighted by atomic mass is 10.0. The van der Waals surface area contributed by atoms with Crippen molar-refractivity contribution in [1.82, 2.24) is 9.97 Å². The molecule has 5 nitrogen and oxygen atoms in total. The Hall–Kier alpha value is -1.59. The molecule has 1 aliphatic heterocycles. The van der Waals surface area contributed by atoms with Gasteiger partial charge in [-0.1, -0.05) is 24.4 Å². The zero-order valence-corrected chi connectivity index (χ0v) is 15.0. The summed E-state index contributed by atoms with van der Waals surface area (Å²) in [6.07, 6.45) is 8.50. The monoisotopic (exact) mass is 361 g/mol. The summed E-state index contributed by atoms with van der Waals surface area (Å²) >= 11 is 6.27. The first kappa shape index (κ1) is 16.9. The van der Waals surface area contributed by atoms with Gasteiger partial charge < -0.3 is 14.4 Å². The van der Waals surface area contributed by atoms with Crippen LogP contribution in [-0.2, 0) is 0 Å². The molecule has 1 aliphatic carbocycles. The lowest BCUT2D eigenvalue weighted by Gasteiger charge is -2.32. The largest absolute Gasteiger partial charge is 0.467 e. The van der Waals surface area contributed by atoms with Crippen molar-refractivity contribution in [2.24, 2.45) is 0 Å². The first-order valence-corrected chi connectivity index (χ1v) is 9.61. The SMILES string of the molecule is OC(CC1CCCCCN1c1cc(Cl)nc(C2CC2)n1)c1ccco1. The summed E-state index contributed by atoms with van der Waals surface area (Å²) in [7, 11) is 0.